The van der Waals surface area contributed by atoms with Crippen LogP contribution < -0.4 is 15.8 Å². The average molecular weight is 378 g/mol. The monoisotopic (exact) mass is 378 g/mol. The van der Waals surface area contributed by atoms with Gasteiger partial charge in [0.1, 0.15) is 11.3 Å². The van der Waals surface area contributed by atoms with Crippen LogP contribution in [0.3, 0.4) is 0 Å². The number of hydrazone groups is 1. The lowest BCUT2D eigenvalue weighted by Crippen LogP contribution is -2.25. The molecule has 0 atom stereocenters. The minimum Gasteiger partial charge on any atom is -0.484 e. The van der Waals surface area contributed by atoms with Crippen molar-refractivity contribution in [2.45, 2.75) is 27.2 Å². The molecule has 144 valence electrons. The van der Waals surface area contributed by atoms with Gasteiger partial charge in [-0.25, -0.2) is 10.2 Å². The van der Waals surface area contributed by atoms with Crippen molar-refractivity contribution in [1.29, 1.82) is 0 Å². The largest absolute Gasteiger partial charge is 0.484 e. The van der Waals surface area contributed by atoms with Crippen LogP contribution in [0.4, 0.5) is 0 Å². The van der Waals surface area contributed by atoms with Gasteiger partial charge in [0, 0.05) is 17.5 Å². The Bertz CT molecular complexity index is 1080. The summed E-state index contributed by atoms with van der Waals surface area (Å²) in [4.78, 5) is 23.5. The van der Waals surface area contributed by atoms with Crippen molar-refractivity contribution in [3.8, 4) is 5.75 Å². The summed E-state index contributed by atoms with van der Waals surface area (Å²) in [5.41, 5.74) is 6.21. The topological polar surface area (TPSA) is 80.9 Å². The highest BCUT2D eigenvalue weighted by Gasteiger charge is 2.07. The van der Waals surface area contributed by atoms with Crippen molar-refractivity contribution in [1.82, 2.24) is 5.43 Å². The first-order chi connectivity index (χ1) is 13.5. The molecule has 0 aliphatic heterocycles. The second-order valence-corrected chi connectivity index (χ2v) is 6.48. The van der Waals surface area contributed by atoms with Gasteiger partial charge in [-0.15, -0.1) is 0 Å². The number of carbonyl (C=O) groups excluding carboxylic acids is 1. The number of carbonyl (C=O) groups is 1. The first-order valence-corrected chi connectivity index (χ1v) is 9.06. The summed E-state index contributed by atoms with van der Waals surface area (Å²) in [6.07, 6.45) is 0.974. The highest BCUT2D eigenvalue weighted by molar-refractivity contribution is 5.99. The summed E-state index contributed by atoms with van der Waals surface area (Å²) in [6.45, 7) is 5.56. The van der Waals surface area contributed by atoms with E-state index in [4.69, 9.17) is 9.15 Å². The second-order valence-electron chi connectivity index (χ2n) is 6.48. The van der Waals surface area contributed by atoms with E-state index in [-0.39, 0.29) is 12.5 Å². The number of ether oxygens (including phenoxy) is 1. The van der Waals surface area contributed by atoms with Gasteiger partial charge in [0.05, 0.1) is 5.71 Å². The summed E-state index contributed by atoms with van der Waals surface area (Å²) in [5, 5.41) is 4.94. The third-order valence-electron chi connectivity index (χ3n) is 4.42. The smallest absolute Gasteiger partial charge is 0.336 e. The molecule has 0 saturated carbocycles. The molecule has 3 rings (SSSR count). The van der Waals surface area contributed by atoms with Crippen LogP contribution in [-0.2, 0) is 11.2 Å². The number of fused-ring (bicyclic) bond motifs is 1. The van der Waals surface area contributed by atoms with Gasteiger partial charge in [-0.2, -0.15) is 5.10 Å². The van der Waals surface area contributed by atoms with Gasteiger partial charge >= 0.3 is 5.63 Å². The van der Waals surface area contributed by atoms with Crippen molar-refractivity contribution in [2.75, 3.05) is 6.61 Å². The molecule has 0 bridgehead atoms. The van der Waals surface area contributed by atoms with Crippen molar-refractivity contribution in [2.24, 2.45) is 5.10 Å². The van der Waals surface area contributed by atoms with Gasteiger partial charge in [-0.1, -0.05) is 31.2 Å². The van der Waals surface area contributed by atoms with Gasteiger partial charge < -0.3 is 9.15 Å². The van der Waals surface area contributed by atoms with E-state index in [2.05, 4.69) is 17.5 Å². The Kier molecular flexibility index (Phi) is 5.89. The lowest BCUT2D eigenvalue weighted by Gasteiger charge is -2.07. The molecule has 1 N–H and O–H groups in total. The molecule has 2 aromatic carbocycles. The normalized spacial score (nSPS) is 11.5. The maximum absolute atomic E-state index is 12.0. The average Bonchev–Trinajstić information content (AvgIpc) is 2.70. The van der Waals surface area contributed by atoms with Crippen LogP contribution >= 0.6 is 0 Å². The second kappa shape index (κ2) is 8.52. The zero-order valence-electron chi connectivity index (χ0n) is 16.1. The summed E-state index contributed by atoms with van der Waals surface area (Å²) in [7, 11) is 0. The predicted octanol–water partition coefficient (Wildman–Crippen LogP) is 3.58. The Morgan fingerprint density at radius 3 is 2.61 bits per heavy atom. The van der Waals surface area contributed by atoms with E-state index in [0.717, 1.165) is 22.9 Å². The van der Waals surface area contributed by atoms with Gasteiger partial charge in [-0.05, 0) is 49.1 Å². The summed E-state index contributed by atoms with van der Waals surface area (Å²) in [6, 6.07) is 14.6. The Hall–Kier alpha value is -3.41. The van der Waals surface area contributed by atoms with Crippen LogP contribution in [0, 0.1) is 6.92 Å². The standard InChI is InChI=1S/C22H22N2O4/c1-4-16-5-7-17(8-6-16)15(3)23-24-21(25)13-27-18-9-10-19-14(2)11-22(26)28-20(19)12-18/h5-12H,4,13H2,1-3H3,(H,24,25)/b23-15-. The summed E-state index contributed by atoms with van der Waals surface area (Å²) in [5.74, 6) is 0.0579. The van der Waals surface area contributed by atoms with Crippen LogP contribution in [-0.4, -0.2) is 18.2 Å². The highest BCUT2D eigenvalue weighted by atomic mass is 16.5. The Balaban J connectivity index is 1.60. The first kappa shape index (κ1) is 19.4. The minimum absolute atomic E-state index is 0.201. The lowest BCUT2D eigenvalue weighted by molar-refractivity contribution is -0.123. The molecule has 6 nitrogen and oxygen atoms in total. The van der Waals surface area contributed by atoms with Crippen molar-refractivity contribution < 1.29 is 13.9 Å². The number of nitrogens with one attached hydrogen (secondary N) is 1. The molecule has 1 amide bonds. The Labute approximate surface area is 162 Å². The molecule has 6 heteroatoms. The molecule has 1 heterocycles. The fourth-order valence-corrected chi connectivity index (χ4v) is 2.77. The molecule has 0 radical (unpaired) electrons. The van der Waals surface area contributed by atoms with E-state index in [0.29, 0.717) is 17.0 Å². The van der Waals surface area contributed by atoms with Crippen LogP contribution in [0.2, 0.25) is 0 Å². The van der Waals surface area contributed by atoms with E-state index in [1.165, 1.54) is 11.6 Å². The van der Waals surface area contributed by atoms with E-state index in [9.17, 15) is 9.59 Å². The molecule has 0 fully saturated rings. The van der Waals surface area contributed by atoms with Crippen LogP contribution in [0.15, 0.2) is 62.8 Å². The van der Waals surface area contributed by atoms with E-state index < -0.39 is 5.63 Å². The number of benzene rings is 2. The van der Waals surface area contributed by atoms with Crippen molar-refractivity contribution in [3.05, 3.63) is 75.6 Å². The molecule has 0 spiro atoms. The van der Waals surface area contributed by atoms with Gasteiger partial charge in [-0.3, -0.25) is 4.79 Å². The molecule has 0 aliphatic carbocycles. The van der Waals surface area contributed by atoms with Crippen LogP contribution in [0.5, 0.6) is 5.75 Å². The fraction of sp³-hybridized carbons (Fsp3) is 0.227. The molecule has 28 heavy (non-hydrogen) atoms. The molecule has 0 aliphatic rings. The number of amides is 1. The number of hydrogen-bond donors (Lipinski definition) is 1. The molecular weight excluding hydrogens is 356 g/mol. The molecule has 0 saturated heterocycles. The molecule has 3 aromatic rings. The Morgan fingerprint density at radius 1 is 1.14 bits per heavy atom. The van der Waals surface area contributed by atoms with Gasteiger partial charge in [0.25, 0.3) is 5.91 Å². The third-order valence-corrected chi connectivity index (χ3v) is 4.42. The number of aryl methyl sites for hydroxylation is 2. The minimum atomic E-state index is -0.420. The number of hydrogen-bond acceptors (Lipinski definition) is 5. The van der Waals surface area contributed by atoms with Crippen molar-refractivity contribution >= 4 is 22.6 Å². The van der Waals surface area contributed by atoms with Crippen LogP contribution in [0.25, 0.3) is 11.0 Å². The van der Waals surface area contributed by atoms with E-state index in [1.54, 1.807) is 18.2 Å². The highest BCUT2D eigenvalue weighted by Crippen LogP contribution is 2.22. The van der Waals surface area contributed by atoms with E-state index in [1.807, 2.05) is 38.1 Å². The third kappa shape index (κ3) is 4.65. The number of rotatable bonds is 6. The lowest BCUT2D eigenvalue weighted by atomic mass is 10.1. The zero-order valence-corrected chi connectivity index (χ0v) is 16.1. The maximum Gasteiger partial charge on any atom is 0.336 e. The zero-order chi connectivity index (χ0) is 20.1. The quantitative estimate of drug-likeness (QED) is 0.404. The van der Waals surface area contributed by atoms with Gasteiger partial charge in [0.15, 0.2) is 6.61 Å². The fourth-order valence-electron chi connectivity index (χ4n) is 2.77. The first-order valence-electron chi connectivity index (χ1n) is 9.06. The summed E-state index contributed by atoms with van der Waals surface area (Å²) >= 11 is 0. The predicted molar refractivity (Wildman–Crippen MR) is 109 cm³/mol. The number of nitrogens with zero attached hydrogens (tertiary/aromatic N) is 1. The molecule has 0 unspecified atom stereocenters. The Morgan fingerprint density at radius 2 is 1.89 bits per heavy atom. The molecular formula is C22H22N2O4. The summed E-state index contributed by atoms with van der Waals surface area (Å²) < 4.78 is 10.7. The molecule has 1 aromatic heterocycles. The maximum atomic E-state index is 12.0. The van der Waals surface area contributed by atoms with Gasteiger partial charge in [0.2, 0.25) is 0 Å². The van der Waals surface area contributed by atoms with Crippen molar-refractivity contribution in [3.63, 3.8) is 0 Å². The van der Waals surface area contributed by atoms with E-state index >= 15 is 0 Å². The van der Waals surface area contributed by atoms with Crippen LogP contribution in [0.1, 0.15) is 30.5 Å². The SMILES string of the molecule is CCc1ccc(/C(C)=N\NC(=O)COc2ccc3c(C)cc(=O)oc3c2)cc1.